The number of anilines is 1. The van der Waals surface area contributed by atoms with Crippen LogP contribution in [0.25, 0.3) is 0 Å². The molecule has 5 nitrogen and oxygen atoms in total. The molecule has 1 aliphatic rings. The van der Waals surface area contributed by atoms with E-state index in [0.717, 1.165) is 36.6 Å². The molecule has 0 saturated carbocycles. The van der Waals surface area contributed by atoms with Crippen LogP contribution < -0.4 is 15.5 Å². The van der Waals surface area contributed by atoms with E-state index in [1.54, 1.807) is 13.1 Å². The number of morpholine rings is 1. The van der Waals surface area contributed by atoms with Crippen molar-refractivity contribution in [2.24, 2.45) is 4.99 Å². The molecule has 1 saturated heterocycles. The van der Waals surface area contributed by atoms with Gasteiger partial charge in [0.05, 0.1) is 18.9 Å². The van der Waals surface area contributed by atoms with Crippen molar-refractivity contribution in [1.82, 2.24) is 10.6 Å². The van der Waals surface area contributed by atoms with Gasteiger partial charge in [0, 0.05) is 38.2 Å². The Morgan fingerprint density at radius 1 is 1.11 bits per heavy atom. The van der Waals surface area contributed by atoms with Crippen LogP contribution in [-0.2, 0) is 17.7 Å². The summed E-state index contributed by atoms with van der Waals surface area (Å²) >= 11 is 5.90. The predicted molar refractivity (Wildman–Crippen MR) is 113 cm³/mol. The van der Waals surface area contributed by atoms with E-state index in [4.69, 9.17) is 16.3 Å². The summed E-state index contributed by atoms with van der Waals surface area (Å²) in [5, 5.41) is 7.23. The van der Waals surface area contributed by atoms with E-state index < -0.39 is 0 Å². The first kappa shape index (κ1) is 20.4. The lowest BCUT2D eigenvalue weighted by molar-refractivity contribution is 0.122. The zero-order valence-electron chi connectivity index (χ0n) is 16.0. The summed E-state index contributed by atoms with van der Waals surface area (Å²) in [5.41, 5.74) is 2.71. The molecule has 7 heteroatoms. The Morgan fingerprint density at radius 3 is 2.50 bits per heavy atom. The second-order valence-corrected chi connectivity index (χ2v) is 7.05. The van der Waals surface area contributed by atoms with Gasteiger partial charge in [0.25, 0.3) is 0 Å². The summed E-state index contributed by atoms with van der Waals surface area (Å²) in [6.07, 6.45) is 0.862. The van der Waals surface area contributed by atoms with Gasteiger partial charge in [-0.3, -0.25) is 4.99 Å². The number of hydrogen-bond donors (Lipinski definition) is 2. The van der Waals surface area contributed by atoms with E-state index in [2.05, 4.69) is 15.6 Å². The third-order valence-corrected chi connectivity index (χ3v) is 4.92. The standard InChI is InChI=1S/C21H26ClFN4O/c1-24-21(25-9-8-16-2-5-18(22)6-3-16)26-15-17-4-7-20(19(23)14-17)27-10-12-28-13-11-27/h2-7,14H,8-13,15H2,1H3,(H2,24,25,26). The summed E-state index contributed by atoms with van der Waals surface area (Å²) in [7, 11) is 1.72. The molecular weight excluding hydrogens is 379 g/mol. The summed E-state index contributed by atoms with van der Waals surface area (Å²) < 4.78 is 19.8. The molecule has 0 radical (unpaired) electrons. The van der Waals surface area contributed by atoms with Crippen molar-refractivity contribution in [3.05, 3.63) is 64.4 Å². The molecule has 1 aliphatic heterocycles. The second-order valence-electron chi connectivity index (χ2n) is 6.61. The molecule has 0 aliphatic carbocycles. The third-order valence-electron chi connectivity index (χ3n) is 4.67. The summed E-state index contributed by atoms with van der Waals surface area (Å²) in [6, 6.07) is 13.2. The van der Waals surface area contributed by atoms with Gasteiger partial charge in [-0.05, 0) is 41.8 Å². The highest BCUT2D eigenvalue weighted by Gasteiger charge is 2.15. The van der Waals surface area contributed by atoms with E-state index in [0.29, 0.717) is 31.4 Å². The average Bonchev–Trinajstić information content (AvgIpc) is 2.72. The van der Waals surface area contributed by atoms with Crippen molar-refractivity contribution in [2.75, 3.05) is 44.8 Å². The summed E-state index contributed by atoms with van der Waals surface area (Å²) in [4.78, 5) is 6.24. The van der Waals surface area contributed by atoms with E-state index in [9.17, 15) is 4.39 Å². The molecular formula is C21H26ClFN4O. The minimum absolute atomic E-state index is 0.202. The molecule has 150 valence electrons. The van der Waals surface area contributed by atoms with Crippen LogP contribution in [0.5, 0.6) is 0 Å². The molecule has 2 aromatic rings. The number of benzene rings is 2. The topological polar surface area (TPSA) is 48.9 Å². The number of nitrogens with one attached hydrogen (secondary N) is 2. The quantitative estimate of drug-likeness (QED) is 0.573. The van der Waals surface area contributed by atoms with Crippen LogP contribution in [0.2, 0.25) is 5.02 Å². The lowest BCUT2D eigenvalue weighted by atomic mass is 10.1. The fourth-order valence-corrected chi connectivity index (χ4v) is 3.23. The van der Waals surface area contributed by atoms with Gasteiger partial charge in [-0.15, -0.1) is 0 Å². The van der Waals surface area contributed by atoms with Crippen molar-refractivity contribution >= 4 is 23.2 Å². The predicted octanol–water partition coefficient (Wildman–Crippen LogP) is 3.22. The molecule has 0 aromatic heterocycles. The minimum atomic E-state index is -0.202. The monoisotopic (exact) mass is 404 g/mol. The van der Waals surface area contributed by atoms with Gasteiger partial charge in [0.1, 0.15) is 5.82 Å². The maximum Gasteiger partial charge on any atom is 0.191 e. The highest BCUT2D eigenvalue weighted by atomic mass is 35.5. The van der Waals surface area contributed by atoms with E-state index in [1.807, 2.05) is 41.3 Å². The maximum absolute atomic E-state index is 14.5. The van der Waals surface area contributed by atoms with Gasteiger partial charge < -0.3 is 20.3 Å². The van der Waals surface area contributed by atoms with Crippen LogP contribution in [0.4, 0.5) is 10.1 Å². The van der Waals surface area contributed by atoms with Gasteiger partial charge in [-0.1, -0.05) is 29.8 Å². The molecule has 0 bridgehead atoms. The van der Waals surface area contributed by atoms with Crippen LogP contribution in [0, 0.1) is 5.82 Å². The molecule has 0 spiro atoms. The first-order valence-corrected chi connectivity index (χ1v) is 9.83. The van der Waals surface area contributed by atoms with Gasteiger partial charge >= 0.3 is 0 Å². The fourth-order valence-electron chi connectivity index (χ4n) is 3.10. The largest absolute Gasteiger partial charge is 0.378 e. The van der Waals surface area contributed by atoms with Crippen LogP contribution in [-0.4, -0.2) is 45.9 Å². The van der Waals surface area contributed by atoms with Crippen molar-refractivity contribution < 1.29 is 9.13 Å². The van der Waals surface area contributed by atoms with Crippen molar-refractivity contribution in [1.29, 1.82) is 0 Å². The zero-order chi connectivity index (χ0) is 19.8. The molecule has 28 heavy (non-hydrogen) atoms. The minimum Gasteiger partial charge on any atom is -0.378 e. The van der Waals surface area contributed by atoms with Crippen molar-refractivity contribution in [3.63, 3.8) is 0 Å². The maximum atomic E-state index is 14.5. The molecule has 2 N–H and O–H groups in total. The molecule has 1 fully saturated rings. The van der Waals surface area contributed by atoms with Crippen molar-refractivity contribution in [3.8, 4) is 0 Å². The SMILES string of the molecule is CN=C(NCCc1ccc(Cl)cc1)NCc1ccc(N2CCOCC2)c(F)c1. The Bertz CT molecular complexity index is 791. The van der Waals surface area contributed by atoms with Crippen LogP contribution in [0.15, 0.2) is 47.5 Å². The summed E-state index contributed by atoms with van der Waals surface area (Å²) in [6.45, 7) is 3.96. The molecule has 0 atom stereocenters. The van der Waals surface area contributed by atoms with Crippen molar-refractivity contribution in [2.45, 2.75) is 13.0 Å². The van der Waals surface area contributed by atoms with Crippen LogP contribution >= 0.6 is 11.6 Å². The Kier molecular flexibility index (Phi) is 7.51. The fraction of sp³-hybridized carbons (Fsp3) is 0.381. The first-order valence-electron chi connectivity index (χ1n) is 9.46. The highest BCUT2D eigenvalue weighted by Crippen LogP contribution is 2.21. The normalized spacial score (nSPS) is 14.8. The Balaban J connectivity index is 1.47. The highest BCUT2D eigenvalue weighted by molar-refractivity contribution is 6.30. The first-order chi connectivity index (χ1) is 13.7. The zero-order valence-corrected chi connectivity index (χ0v) is 16.8. The molecule has 0 unspecified atom stereocenters. The smallest absolute Gasteiger partial charge is 0.191 e. The van der Waals surface area contributed by atoms with Crippen LogP contribution in [0.3, 0.4) is 0 Å². The molecule has 1 heterocycles. The summed E-state index contributed by atoms with van der Waals surface area (Å²) in [5.74, 6) is 0.485. The van der Waals surface area contributed by atoms with E-state index in [1.165, 1.54) is 5.56 Å². The van der Waals surface area contributed by atoms with Gasteiger partial charge in [-0.2, -0.15) is 0 Å². The molecule has 0 amide bonds. The number of rotatable bonds is 6. The second kappa shape index (κ2) is 10.3. The average molecular weight is 405 g/mol. The number of ether oxygens (including phenoxy) is 1. The molecule has 2 aromatic carbocycles. The third kappa shape index (κ3) is 5.84. The Morgan fingerprint density at radius 2 is 1.82 bits per heavy atom. The Hall–Kier alpha value is -2.31. The van der Waals surface area contributed by atoms with Gasteiger partial charge in [-0.25, -0.2) is 4.39 Å². The number of nitrogens with zero attached hydrogens (tertiary/aromatic N) is 2. The van der Waals surface area contributed by atoms with Crippen LogP contribution in [0.1, 0.15) is 11.1 Å². The van der Waals surface area contributed by atoms with Gasteiger partial charge in [0.2, 0.25) is 0 Å². The van der Waals surface area contributed by atoms with Gasteiger partial charge in [0.15, 0.2) is 5.96 Å². The number of guanidine groups is 1. The number of hydrogen-bond acceptors (Lipinski definition) is 3. The van der Waals surface area contributed by atoms with E-state index >= 15 is 0 Å². The molecule has 3 rings (SSSR count). The Labute approximate surface area is 170 Å². The lowest BCUT2D eigenvalue weighted by Gasteiger charge is -2.29. The lowest BCUT2D eigenvalue weighted by Crippen LogP contribution is -2.38. The number of aliphatic imine (C=N–C) groups is 1. The number of halogens is 2. The van der Waals surface area contributed by atoms with E-state index in [-0.39, 0.29) is 5.82 Å².